The predicted octanol–water partition coefficient (Wildman–Crippen LogP) is 2.21. The molecule has 1 aromatic rings. The number of nitrogens with one attached hydrogen (secondary N) is 1. The minimum Gasteiger partial charge on any atom is -0.382 e. The van der Waals surface area contributed by atoms with Crippen molar-refractivity contribution in [1.82, 2.24) is 8.68 Å². The molecule has 0 amide bonds. The van der Waals surface area contributed by atoms with Crippen molar-refractivity contribution in [2.75, 3.05) is 25.1 Å². The minimum atomic E-state index is -3.58. The monoisotopic (exact) mass is 332 g/mol. The zero-order valence-corrected chi connectivity index (χ0v) is 14.6. The molecule has 1 aliphatic rings. The highest BCUT2D eigenvalue weighted by Gasteiger charge is 2.30. The molecule has 3 N–H and O–H groups in total. The van der Waals surface area contributed by atoms with Crippen LogP contribution in [0.4, 0.5) is 10.8 Å². The standard InChI is InChI=1S/C13H24N4O2S2/c1-8-5-9(2)7-10(6-8)15-13-11(12(14)16-20-13)21(18,19)17(3)4/h8-10,15H,5-7H2,1-4H3,(H2,14,16). The van der Waals surface area contributed by atoms with Gasteiger partial charge in [-0.25, -0.2) is 12.7 Å². The van der Waals surface area contributed by atoms with Crippen molar-refractivity contribution in [3.63, 3.8) is 0 Å². The van der Waals surface area contributed by atoms with Crippen LogP contribution in [0.15, 0.2) is 4.90 Å². The van der Waals surface area contributed by atoms with E-state index in [1.54, 1.807) is 0 Å². The third-order valence-electron chi connectivity index (χ3n) is 3.93. The van der Waals surface area contributed by atoms with Gasteiger partial charge in [0.05, 0.1) is 0 Å². The number of anilines is 2. The Labute approximate surface area is 130 Å². The van der Waals surface area contributed by atoms with Crippen molar-refractivity contribution in [2.24, 2.45) is 11.8 Å². The maximum Gasteiger partial charge on any atom is 0.249 e. The van der Waals surface area contributed by atoms with E-state index in [9.17, 15) is 8.42 Å². The van der Waals surface area contributed by atoms with Crippen LogP contribution in [0.3, 0.4) is 0 Å². The molecule has 1 aliphatic carbocycles. The van der Waals surface area contributed by atoms with Crippen molar-refractivity contribution in [3.8, 4) is 0 Å². The predicted molar refractivity (Wildman–Crippen MR) is 87.0 cm³/mol. The highest BCUT2D eigenvalue weighted by molar-refractivity contribution is 7.89. The summed E-state index contributed by atoms with van der Waals surface area (Å²) in [6.45, 7) is 4.48. The Balaban J connectivity index is 2.26. The number of nitrogen functional groups attached to an aromatic ring is 1. The molecule has 2 rings (SSSR count). The van der Waals surface area contributed by atoms with Crippen molar-refractivity contribution in [3.05, 3.63) is 0 Å². The summed E-state index contributed by atoms with van der Waals surface area (Å²) in [5.41, 5.74) is 5.78. The van der Waals surface area contributed by atoms with E-state index in [2.05, 4.69) is 23.5 Å². The number of rotatable bonds is 4. The fourth-order valence-electron chi connectivity index (χ4n) is 3.07. The van der Waals surface area contributed by atoms with E-state index in [-0.39, 0.29) is 16.8 Å². The molecule has 0 radical (unpaired) electrons. The summed E-state index contributed by atoms with van der Waals surface area (Å²) in [5.74, 6) is 1.36. The molecular weight excluding hydrogens is 308 g/mol. The fraction of sp³-hybridized carbons (Fsp3) is 0.769. The van der Waals surface area contributed by atoms with Gasteiger partial charge >= 0.3 is 0 Å². The summed E-state index contributed by atoms with van der Waals surface area (Å²) >= 11 is 1.12. The van der Waals surface area contributed by atoms with E-state index in [0.29, 0.717) is 16.8 Å². The SMILES string of the molecule is CC1CC(C)CC(Nc2snc(N)c2S(=O)(=O)N(C)C)C1. The van der Waals surface area contributed by atoms with Gasteiger partial charge in [0, 0.05) is 20.1 Å². The number of aromatic nitrogens is 1. The van der Waals surface area contributed by atoms with Crippen molar-refractivity contribution in [2.45, 2.75) is 44.0 Å². The lowest BCUT2D eigenvalue weighted by atomic mass is 9.80. The normalized spacial score (nSPS) is 27.0. The number of hydrogen-bond donors (Lipinski definition) is 2. The summed E-state index contributed by atoms with van der Waals surface area (Å²) < 4.78 is 29.9. The third kappa shape index (κ3) is 3.49. The second-order valence-electron chi connectivity index (χ2n) is 6.27. The van der Waals surface area contributed by atoms with Crippen LogP contribution < -0.4 is 11.1 Å². The van der Waals surface area contributed by atoms with Crippen molar-refractivity contribution in [1.29, 1.82) is 0 Å². The van der Waals surface area contributed by atoms with Crippen LogP contribution in [0.1, 0.15) is 33.1 Å². The molecule has 120 valence electrons. The molecule has 1 aromatic heterocycles. The molecule has 1 heterocycles. The molecule has 21 heavy (non-hydrogen) atoms. The lowest BCUT2D eigenvalue weighted by molar-refractivity contribution is 0.281. The largest absolute Gasteiger partial charge is 0.382 e. The lowest BCUT2D eigenvalue weighted by Crippen LogP contribution is -2.31. The summed E-state index contributed by atoms with van der Waals surface area (Å²) in [6.07, 6.45) is 3.32. The zero-order chi connectivity index (χ0) is 15.8. The highest BCUT2D eigenvalue weighted by atomic mass is 32.2. The van der Waals surface area contributed by atoms with E-state index in [4.69, 9.17) is 5.73 Å². The Bertz CT molecular complexity index is 587. The Morgan fingerprint density at radius 1 is 1.24 bits per heavy atom. The minimum absolute atomic E-state index is 0.0770. The van der Waals surface area contributed by atoms with Gasteiger partial charge in [0.15, 0.2) is 10.7 Å². The maximum atomic E-state index is 12.4. The van der Waals surface area contributed by atoms with Gasteiger partial charge in [-0.15, -0.1) is 0 Å². The van der Waals surface area contributed by atoms with Crippen LogP contribution in [0, 0.1) is 11.8 Å². The molecule has 2 unspecified atom stereocenters. The van der Waals surface area contributed by atoms with E-state index in [1.807, 2.05) is 0 Å². The van der Waals surface area contributed by atoms with E-state index < -0.39 is 10.0 Å². The van der Waals surface area contributed by atoms with Gasteiger partial charge in [0.1, 0.15) is 5.00 Å². The van der Waals surface area contributed by atoms with Gasteiger partial charge in [0.2, 0.25) is 10.0 Å². The van der Waals surface area contributed by atoms with Crippen LogP contribution >= 0.6 is 11.5 Å². The maximum absolute atomic E-state index is 12.4. The smallest absolute Gasteiger partial charge is 0.249 e. The molecule has 0 bridgehead atoms. The van der Waals surface area contributed by atoms with Crippen molar-refractivity contribution < 1.29 is 8.42 Å². The average molecular weight is 332 g/mol. The summed E-state index contributed by atoms with van der Waals surface area (Å²) in [7, 11) is -0.577. The Morgan fingerprint density at radius 2 is 1.81 bits per heavy atom. The van der Waals surface area contributed by atoms with Gasteiger partial charge in [-0.05, 0) is 42.6 Å². The van der Waals surface area contributed by atoms with Crippen LogP contribution in [0.2, 0.25) is 0 Å². The molecule has 0 aromatic carbocycles. The molecule has 1 saturated carbocycles. The highest BCUT2D eigenvalue weighted by Crippen LogP contribution is 2.36. The van der Waals surface area contributed by atoms with Gasteiger partial charge in [-0.3, -0.25) is 0 Å². The second-order valence-corrected chi connectivity index (χ2v) is 9.13. The molecule has 0 spiro atoms. The van der Waals surface area contributed by atoms with E-state index in [1.165, 1.54) is 24.8 Å². The van der Waals surface area contributed by atoms with Crippen LogP contribution in [-0.4, -0.2) is 37.2 Å². The molecular formula is C13H24N4O2S2. The van der Waals surface area contributed by atoms with Gasteiger partial charge in [0.25, 0.3) is 0 Å². The molecule has 1 fully saturated rings. The fourth-order valence-corrected chi connectivity index (χ4v) is 5.21. The van der Waals surface area contributed by atoms with E-state index >= 15 is 0 Å². The van der Waals surface area contributed by atoms with Crippen molar-refractivity contribution >= 4 is 32.4 Å². The first-order chi connectivity index (χ1) is 9.71. The Morgan fingerprint density at radius 3 is 2.33 bits per heavy atom. The quantitative estimate of drug-likeness (QED) is 0.882. The Kier molecular flexibility index (Phi) is 4.79. The van der Waals surface area contributed by atoms with Gasteiger partial charge in [-0.2, -0.15) is 4.37 Å². The number of nitrogens with two attached hydrogens (primary N) is 1. The molecule has 6 nitrogen and oxygen atoms in total. The van der Waals surface area contributed by atoms with Crippen LogP contribution in [0.5, 0.6) is 0 Å². The summed E-state index contributed by atoms with van der Waals surface area (Å²) in [4.78, 5) is 0.114. The molecule has 0 saturated heterocycles. The average Bonchev–Trinajstić information content (AvgIpc) is 2.69. The topological polar surface area (TPSA) is 88.3 Å². The van der Waals surface area contributed by atoms with E-state index in [0.717, 1.165) is 24.4 Å². The lowest BCUT2D eigenvalue weighted by Gasteiger charge is -2.32. The Hall–Kier alpha value is -0.860. The second kappa shape index (κ2) is 6.10. The first-order valence-electron chi connectivity index (χ1n) is 7.16. The first kappa shape index (κ1) is 16.5. The third-order valence-corrected chi connectivity index (χ3v) is 6.74. The number of nitrogens with zero attached hydrogens (tertiary/aromatic N) is 2. The summed E-state index contributed by atoms with van der Waals surface area (Å²) in [5, 5.41) is 3.92. The molecule has 2 atom stereocenters. The number of sulfonamides is 1. The molecule has 0 aliphatic heterocycles. The number of hydrogen-bond acceptors (Lipinski definition) is 6. The molecule has 8 heteroatoms. The van der Waals surface area contributed by atoms with Crippen LogP contribution in [0.25, 0.3) is 0 Å². The first-order valence-corrected chi connectivity index (χ1v) is 9.37. The summed E-state index contributed by atoms with van der Waals surface area (Å²) in [6, 6.07) is 0.278. The van der Waals surface area contributed by atoms with Crippen LogP contribution in [-0.2, 0) is 10.0 Å². The van der Waals surface area contributed by atoms with Gasteiger partial charge < -0.3 is 11.1 Å². The zero-order valence-electron chi connectivity index (χ0n) is 13.0. The van der Waals surface area contributed by atoms with Gasteiger partial charge in [-0.1, -0.05) is 13.8 Å².